The predicted octanol–water partition coefficient (Wildman–Crippen LogP) is 2.45. The lowest BCUT2D eigenvalue weighted by Gasteiger charge is -2.25. The summed E-state index contributed by atoms with van der Waals surface area (Å²) in [4.78, 5) is 3.84. The van der Waals surface area contributed by atoms with Crippen molar-refractivity contribution >= 4 is 0 Å². The van der Waals surface area contributed by atoms with E-state index in [1.807, 2.05) is 34.1 Å². The molecule has 6 heteroatoms. The summed E-state index contributed by atoms with van der Waals surface area (Å²) in [5.41, 5.74) is 1.52. The fourth-order valence-corrected chi connectivity index (χ4v) is 2.68. The zero-order valence-electron chi connectivity index (χ0n) is 14.5. The van der Waals surface area contributed by atoms with Crippen molar-refractivity contribution in [1.82, 2.24) is 9.80 Å². The van der Waals surface area contributed by atoms with E-state index < -0.39 is 0 Å². The van der Waals surface area contributed by atoms with E-state index in [2.05, 4.69) is 12.1 Å². The average Bonchev–Trinajstić information content (AvgIpc) is 2.63. The van der Waals surface area contributed by atoms with Crippen molar-refractivity contribution < 1.29 is 10.2 Å². The molecule has 0 saturated carbocycles. The van der Waals surface area contributed by atoms with Crippen LogP contribution in [-0.4, -0.2) is 46.2 Å². The minimum Gasteiger partial charge on any atom is -0.508 e. The highest BCUT2D eigenvalue weighted by atomic mass is 16.3. The number of rotatable bonds is 9. The van der Waals surface area contributed by atoms with E-state index >= 15 is 0 Å². The summed E-state index contributed by atoms with van der Waals surface area (Å²) in [7, 11) is 0. The van der Waals surface area contributed by atoms with Gasteiger partial charge in [-0.05, 0) is 12.1 Å². The lowest BCUT2D eigenvalue weighted by atomic mass is 10.1. The molecule has 0 bridgehead atoms. The maximum absolute atomic E-state index is 9.92. The van der Waals surface area contributed by atoms with Gasteiger partial charge in [0.1, 0.15) is 11.5 Å². The van der Waals surface area contributed by atoms with Crippen molar-refractivity contribution in [3.8, 4) is 23.6 Å². The van der Waals surface area contributed by atoms with Crippen molar-refractivity contribution in [2.45, 2.75) is 13.1 Å². The number of nitriles is 2. The lowest BCUT2D eigenvalue weighted by molar-refractivity contribution is 0.217. The normalized spacial score (nSPS) is 10.6. The van der Waals surface area contributed by atoms with Gasteiger partial charge in [0.2, 0.25) is 0 Å². The number of benzene rings is 2. The topological polar surface area (TPSA) is 94.5 Å². The molecule has 134 valence electrons. The zero-order valence-corrected chi connectivity index (χ0v) is 14.5. The van der Waals surface area contributed by atoms with Gasteiger partial charge in [0.05, 0.1) is 25.2 Å². The summed E-state index contributed by atoms with van der Waals surface area (Å²) < 4.78 is 0. The molecule has 2 aromatic rings. The second-order valence-corrected chi connectivity index (χ2v) is 5.99. The number of para-hydroxylation sites is 2. The Balaban J connectivity index is 2.00. The number of hydrogen-bond acceptors (Lipinski definition) is 6. The smallest absolute Gasteiger partial charge is 0.120 e. The van der Waals surface area contributed by atoms with E-state index in [0.29, 0.717) is 26.2 Å². The third kappa shape index (κ3) is 5.78. The Morgan fingerprint density at radius 2 is 1.08 bits per heavy atom. The van der Waals surface area contributed by atoms with Gasteiger partial charge in [-0.25, -0.2) is 0 Å². The van der Waals surface area contributed by atoms with Gasteiger partial charge in [-0.15, -0.1) is 0 Å². The highest BCUT2D eigenvalue weighted by Crippen LogP contribution is 2.19. The molecule has 0 fully saturated rings. The highest BCUT2D eigenvalue weighted by molar-refractivity contribution is 5.32. The van der Waals surface area contributed by atoms with Crippen LogP contribution in [-0.2, 0) is 13.1 Å². The number of phenols is 2. The van der Waals surface area contributed by atoms with Gasteiger partial charge in [-0.3, -0.25) is 9.80 Å². The summed E-state index contributed by atoms with van der Waals surface area (Å²) in [5, 5.41) is 38.0. The molecule has 0 aliphatic rings. The van der Waals surface area contributed by atoms with Gasteiger partial charge in [0.25, 0.3) is 0 Å². The van der Waals surface area contributed by atoms with Gasteiger partial charge in [-0.2, -0.15) is 10.5 Å². The van der Waals surface area contributed by atoms with Crippen molar-refractivity contribution in [3.63, 3.8) is 0 Å². The maximum atomic E-state index is 9.92. The van der Waals surface area contributed by atoms with E-state index in [4.69, 9.17) is 10.5 Å². The number of aromatic hydroxyl groups is 2. The number of hydrogen-bond donors (Lipinski definition) is 2. The van der Waals surface area contributed by atoms with Crippen molar-refractivity contribution in [3.05, 3.63) is 59.7 Å². The molecule has 0 radical (unpaired) electrons. The van der Waals surface area contributed by atoms with E-state index in [0.717, 1.165) is 11.1 Å². The van der Waals surface area contributed by atoms with Crippen LogP contribution in [0.4, 0.5) is 0 Å². The highest BCUT2D eigenvalue weighted by Gasteiger charge is 2.13. The second-order valence-electron chi connectivity index (χ2n) is 5.99. The molecule has 2 aromatic carbocycles. The number of nitrogens with zero attached hydrogens (tertiary/aromatic N) is 4. The van der Waals surface area contributed by atoms with Crippen molar-refractivity contribution in [2.24, 2.45) is 0 Å². The molecule has 0 atom stereocenters. The summed E-state index contributed by atoms with van der Waals surface area (Å²) in [5.74, 6) is 0.414. The monoisotopic (exact) mass is 350 g/mol. The van der Waals surface area contributed by atoms with E-state index in [9.17, 15) is 10.2 Å². The molecular weight excluding hydrogens is 328 g/mol. The molecule has 0 unspecified atom stereocenters. The minimum absolute atomic E-state index is 0.207. The summed E-state index contributed by atoms with van der Waals surface area (Å²) in [6.07, 6.45) is 0. The molecule has 0 saturated heterocycles. The second kappa shape index (κ2) is 10.0. The molecule has 0 amide bonds. The zero-order chi connectivity index (χ0) is 18.8. The van der Waals surface area contributed by atoms with E-state index in [1.54, 1.807) is 24.3 Å². The third-order valence-corrected chi connectivity index (χ3v) is 4.09. The van der Waals surface area contributed by atoms with Crippen LogP contribution in [0.3, 0.4) is 0 Å². The molecule has 0 spiro atoms. The van der Waals surface area contributed by atoms with Crippen molar-refractivity contribution in [1.29, 1.82) is 10.5 Å². The SMILES string of the molecule is N#CCN(CCN(CC#N)Cc1ccccc1O)Cc1ccccc1O. The van der Waals surface area contributed by atoms with Gasteiger partial charge in [-0.1, -0.05) is 36.4 Å². The van der Waals surface area contributed by atoms with Crippen LogP contribution in [0.1, 0.15) is 11.1 Å². The Labute approximate surface area is 153 Å². The van der Waals surface area contributed by atoms with Crippen LogP contribution in [0.25, 0.3) is 0 Å². The largest absolute Gasteiger partial charge is 0.508 e. The fourth-order valence-electron chi connectivity index (χ4n) is 2.68. The Morgan fingerprint density at radius 3 is 1.42 bits per heavy atom. The van der Waals surface area contributed by atoms with Gasteiger partial charge in [0, 0.05) is 37.3 Å². The van der Waals surface area contributed by atoms with Crippen LogP contribution in [0.5, 0.6) is 11.5 Å². The summed E-state index contributed by atoms with van der Waals surface area (Å²) in [6.45, 7) is 2.50. The average molecular weight is 350 g/mol. The summed E-state index contributed by atoms with van der Waals surface area (Å²) in [6, 6.07) is 18.4. The first-order valence-corrected chi connectivity index (χ1v) is 8.36. The van der Waals surface area contributed by atoms with Crippen LogP contribution in [0, 0.1) is 22.7 Å². The molecule has 26 heavy (non-hydrogen) atoms. The van der Waals surface area contributed by atoms with Crippen LogP contribution < -0.4 is 0 Å². The van der Waals surface area contributed by atoms with Crippen LogP contribution in [0.15, 0.2) is 48.5 Å². The minimum atomic E-state index is 0.207. The first-order valence-electron chi connectivity index (χ1n) is 8.36. The van der Waals surface area contributed by atoms with E-state index in [1.165, 1.54) is 0 Å². The molecule has 0 heterocycles. The van der Waals surface area contributed by atoms with Gasteiger partial charge in [0.15, 0.2) is 0 Å². The molecule has 0 aliphatic heterocycles. The first kappa shape index (κ1) is 19.3. The standard InChI is InChI=1S/C20H22N4O2/c21-9-11-23(15-17-5-1-3-7-19(17)25)13-14-24(12-10-22)16-18-6-2-4-8-20(18)26/h1-8,25-26H,11-16H2. The maximum Gasteiger partial charge on any atom is 0.120 e. The Bertz CT molecular complexity index is 727. The fraction of sp³-hybridized carbons (Fsp3) is 0.300. The molecule has 6 nitrogen and oxygen atoms in total. The van der Waals surface area contributed by atoms with Crippen LogP contribution >= 0.6 is 0 Å². The molecular formula is C20H22N4O2. The molecule has 2 rings (SSSR count). The van der Waals surface area contributed by atoms with Gasteiger partial charge >= 0.3 is 0 Å². The third-order valence-electron chi connectivity index (χ3n) is 4.09. The van der Waals surface area contributed by atoms with Crippen molar-refractivity contribution in [2.75, 3.05) is 26.2 Å². The predicted molar refractivity (Wildman–Crippen MR) is 98.0 cm³/mol. The first-order chi connectivity index (χ1) is 12.6. The quantitative estimate of drug-likeness (QED) is 0.675. The lowest BCUT2D eigenvalue weighted by Crippen LogP contribution is -2.35. The Kier molecular flexibility index (Phi) is 7.45. The summed E-state index contributed by atoms with van der Waals surface area (Å²) >= 11 is 0. The molecule has 0 aromatic heterocycles. The van der Waals surface area contributed by atoms with Gasteiger partial charge < -0.3 is 10.2 Å². The Hall–Kier alpha value is -3.06. The molecule has 2 N–H and O–H groups in total. The Morgan fingerprint density at radius 1 is 0.692 bits per heavy atom. The van der Waals surface area contributed by atoms with Crippen LogP contribution in [0.2, 0.25) is 0 Å². The van der Waals surface area contributed by atoms with E-state index in [-0.39, 0.29) is 24.6 Å². The number of phenolic OH excluding ortho intramolecular Hbond substituents is 2. The molecule has 0 aliphatic carbocycles.